The van der Waals surface area contributed by atoms with E-state index in [4.69, 9.17) is 21.1 Å². The first kappa shape index (κ1) is 17.0. The number of likely N-dealkylation sites (tertiary alicyclic amines) is 1. The molecule has 1 aliphatic carbocycles. The lowest BCUT2D eigenvalue weighted by Gasteiger charge is -2.25. The van der Waals surface area contributed by atoms with E-state index in [1.165, 1.54) is 27.2 Å². The third kappa shape index (κ3) is 2.64. The average Bonchev–Trinajstić information content (AvgIpc) is 3.33. The summed E-state index contributed by atoms with van der Waals surface area (Å²) in [6.45, 7) is 0.779. The summed E-state index contributed by atoms with van der Waals surface area (Å²) in [6.07, 6.45) is -1.50. The zero-order valence-corrected chi connectivity index (χ0v) is 15.4. The van der Waals surface area contributed by atoms with Gasteiger partial charge in [-0.1, -0.05) is 48.5 Å². The average molecular weight is 386 g/mol. The Bertz CT molecular complexity index is 842. The second kappa shape index (κ2) is 6.51. The van der Waals surface area contributed by atoms with Crippen LogP contribution in [0.25, 0.3) is 11.1 Å². The lowest BCUT2D eigenvalue weighted by Crippen LogP contribution is -2.44. The molecule has 4 atom stereocenters. The summed E-state index contributed by atoms with van der Waals surface area (Å²) in [5.74, 6) is 0.0105. The SMILES string of the molecule is O=C(OCC1c2ccccc2-c2ccccc21)N1CC(Cl)C2OCC(O)C21. The molecule has 1 amide bonds. The minimum atomic E-state index is -0.723. The smallest absolute Gasteiger partial charge is 0.410 e. The van der Waals surface area contributed by atoms with Gasteiger partial charge in [-0.3, -0.25) is 4.90 Å². The Kier molecular flexibility index (Phi) is 4.11. The summed E-state index contributed by atoms with van der Waals surface area (Å²) in [7, 11) is 0. The lowest BCUT2D eigenvalue weighted by atomic mass is 9.98. The third-order valence-electron chi connectivity index (χ3n) is 5.85. The highest BCUT2D eigenvalue weighted by Crippen LogP contribution is 2.44. The topological polar surface area (TPSA) is 59.0 Å². The van der Waals surface area contributed by atoms with Gasteiger partial charge < -0.3 is 14.6 Å². The maximum atomic E-state index is 12.7. The van der Waals surface area contributed by atoms with E-state index in [9.17, 15) is 9.90 Å². The molecule has 5 nitrogen and oxygen atoms in total. The van der Waals surface area contributed by atoms with E-state index in [1.54, 1.807) is 0 Å². The summed E-state index contributed by atoms with van der Waals surface area (Å²) in [5.41, 5.74) is 4.72. The van der Waals surface area contributed by atoms with Gasteiger partial charge in [-0.05, 0) is 22.3 Å². The highest BCUT2D eigenvalue weighted by Gasteiger charge is 2.52. The van der Waals surface area contributed by atoms with Crippen molar-refractivity contribution in [2.24, 2.45) is 0 Å². The minimum absolute atomic E-state index is 0.0105. The third-order valence-corrected chi connectivity index (χ3v) is 6.23. The molecule has 6 heteroatoms. The molecule has 2 saturated heterocycles. The molecule has 27 heavy (non-hydrogen) atoms. The first-order valence-electron chi connectivity index (χ1n) is 9.20. The number of aliphatic hydroxyl groups excluding tert-OH is 1. The molecule has 0 spiro atoms. The van der Waals surface area contributed by atoms with Gasteiger partial charge in [-0.15, -0.1) is 11.6 Å². The molecule has 0 saturated carbocycles. The van der Waals surface area contributed by atoms with E-state index in [1.807, 2.05) is 24.3 Å². The summed E-state index contributed by atoms with van der Waals surface area (Å²) in [4.78, 5) is 14.3. The van der Waals surface area contributed by atoms with Gasteiger partial charge in [0.25, 0.3) is 0 Å². The number of carbonyl (C=O) groups is 1. The fraction of sp³-hybridized carbons (Fsp3) is 0.381. The predicted molar refractivity (Wildman–Crippen MR) is 101 cm³/mol. The number of nitrogens with zero attached hydrogens (tertiary/aromatic N) is 1. The van der Waals surface area contributed by atoms with Crippen LogP contribution in [-0.2, 0) is 9.47 Å². The largest absolute Gasteiger partial charge is 0.448 e. The van der Waals surface area contributed by atoms with Crippen LogP contribution in [0.4, 0.5) is 4.79 Å². The van der Waals surface area contributed by atoms with Crippen molar-refractivity contribution >= 4 is 17.7 Å². The Labute approximate surface area is 162 Å². The second-order valence-electron chi connectivity index (χ2n) is 7.33. The van der Waals surface area contributed by atoms with Crippen molar-refractivity contribution in [2.45, 2.75) is 29.5 Å². The molecular formula is C21H20ClNO4. The maximum absolute atomic E-state index is 12.7. The van der Waals surface area contributed by atoms with Crippen LogP contribution >= 0.6 is 11.6 Å². The standard InChI is InChI=1S/C21H20ClNO4/c22-17-9-23(19-18(24)11-26-20(17)19)21(25)27-10-16-14-7-3-1-5-12(14)13-6-2-4-8-15(13)16/h1-8,16-20,24H,9-11H2. The number of carbonyl (C=O) groups excluding carboxylic acids is 1. The number of rotatable bonds is 2. The number of alkyl halides is 1. The van der Waals surface area contributed by atoms with Crippen LogP contribution in [0.2, 0.25) is 0 Å². The molecule has 2 aliphatic heterocycles. The first-order valence-corrected chi connectivity index (χ1v) is 9.64. The number of aliphatic hydroxyl groups is 1. The molecule has 3 aliphatic rings. The van der Waals surface area contributed by atoms with Crippen molar-refractivity contribution in [2.75, 3.05) is 19.8 Å². The molecule has 2 aromatic rings. The lowest BCUT2D eigenvalue weighted by molar-refractivity contribution is 0.0625. The Hall–Kier alpha value is -2.08. The number of ether oxygens (including phenoxy) is 2. The van der Waals surface area contributed by atoms with Crippen molar-refractivity contribution in [3.8, 4) is 11.1 Å². The molecule has 2 fully saturated rings. The van der Waals surface area contributed by atoms with Gasteiger partial charge in [0.15, 0.2) is 0 Å². The van der Waals surface area contributed by atoms with Gasteiger partial charge >= 0.3 is 6.09 Å². The quantitative estimate of drug-likeness (QED) is 0.807. The summed E-state index contributed by atoms with van der Waals surface area (Å²) in [5, 5.41) is 9.82. The van der Waals surface area contributed by atoms with Gasteiger partial charge in [0.2, 0.25) is 0 Å². The van der Waals surface area contributed by atoms with Crippen molar-refractivity contribution in [1.29, 1.82) is 0 Å². The van der Waals surface area contributed by atoms with Crippen LogP contribution in [0.1, 0.15) is 17.0 Å². The van der Waals surface area contributed by atoms with Crippen molar-refractivity contribution in [1.82, 2.24) is 4.90 Å². The van der Waals surface area contributed by atoms with Gasteiger partial charge in [0.1, 0.15) is 12.7 Å². The Balaban J connectivity index is 1.35. The van der Waals surface area contributed by atoms with E-state index in [0.29, 0.717) is 6.54 Å². The minimum Gasteiger partial charge on any atom is -0.448 e. The van der Waals surface area contributed by atoms with Crippen LogP contribution in [0.15, 0.2) is 48.5 Å². The number of fused-ring (bicyclic) bond motifs is 4. The molecule has 1 N–H and O–H groups in total. The predicted octanol–water partition coefficient (Wildman–Crippen LogP) is 2.99. The molecule has 140 valence electrons. The fourth-order valence-corrected chi connectivity index (χ4v) is 4.99. The second-order valence-corrected chi connectivity index (χ2v) is 7.89. The molecule has 0 bridgehead atoms. The Morgan fingerprint density at radius 3 is 2.44 bits per heavy atom. The molecule has 2 heterocycles. The number of hydrogen-bond acceptors (Lipinski definition) is 4. The van der Waals surface area contributed by atoms with Gasteiger partial charge in [-0.25, -0.2) is 4.79 Å². The molecule has 4 unspecified atom stereocenters. The summed E-state index contributed by atoms with van der Waals surface area (Å²) in [6, 6.07) is 16.0. The van der Waals surface area contributed by atoms with E-state index in [2.05, 4.69) is 24.3 Å². The first-order chi connectivity index (χ1) is 13.1. The molecule has 5 rings (SSSR count). The zero-order chi connectivity index (χ0) is 18.5. The Morgan fingerprint density at radius 2 is 1.78 bits per heavy atom. The molecule has 2 aromatic carbocycles. The van der Waals surface area contributed by atoms with Crippen molar-refractivity contribution in [3.05, 3.63) is 59.7 Å². The van der Waals surface area contributed by atoms with Gasteiger partial charge in [-0.2, -0.15) is 0 Å². The highest BCUT2D eigenvalue weighted by atomic mass is 35.5. The molecule has 0 radical (unpaired) electrons. The number of benzene rings is 2. The van der Waals surface area contributed by atoms with Crippen molar-refractivity contribution in [3.63, 3.8) is 0 Å². The van der Waals surface area contributed by atoms with Crippen molar-refractivity contribution < 1.29 is 19.4 Å². The Morgan fingerprint density at radius 1 is 1.15 bits per heavy atom. The van der Waals surface area contributed by atoms with E-state index in [0.717, 1.165) is 0 Å². The van der Waals surface area contributed by atoms with Crippen LogP contribution < -0.4 is 0 Å². The van der Waals surface area contributed by atoms with E-state index >= 15 is 0 Å². The number of halogens is 1. The van der Waals surface area contributed by atoms with E-state index < -0.39 is 18.2 Å². The van der Waals surface area contributed by atoms with Gasteiger partial charge in [0.05, 0.1) is 24.1 Å². The van der Waals surface area contributed by atoms with E-state index in [-0.39, 0.29) is 30.6 Å². The number of amides is 1. The monoisotopic (exact) mass is 385 g/mol. The summed E-state index contributed by atoms with van der Waals surface area (Å²) >= 11 is 6.29. The molecular weight excluding hydrogens is 366 g/mol. The summed E-state index contributed by atoms with van der Waals surface area (Å²) < 4.78 is 11.2. The fourth-order valence-electron chi connectivity index (χ4n) is 4.62. The molecule has 0 aromatic heterocycles. The number of hydrogen-bond donors (Lipinski definition) is 1. The van der Waals surface area contributed by atoms with Crippen LogP contribution in [0.5, 0.6) is 0 Å². The van der Waals surface area contributed by atoms with Gasteiger partial charge in [0, 0.05) is 12.5 Å². The normalized spacial score (nSPS) is 28.7. The highest BCUT2D eigenvalue weighted by molar-refractivity contribution is 6.21. The zero-order valence-electron chi connectivity index (χ0n) is 14.6. The van der Waals surface area contributed by atoms with Crippen LogP contribution in [0.3, 0.4) is 0 Å². The maximum Gasteiger partial charge on any atom is 0.410 e. The van der Waals surface area contributed by atoms with Crippen LogP contribution in [0, 0.1) is 0 Å². The van der Waals surface area contributed by atoms with Crippen LogP contribution in [-0.4, -0.2) is 59.5 Å².